The Morgan fingerprint density at radius 2 is 1.95 bits per heavy atom. The first-order valence-electron chi connectivity index (χ1n) is 6.45. The van der Waals surface area contributed by atoms with Gasteiger partial charge in [-0.25, -0.2) is 4.39 Å². The van der Waals surface area contributed by atoms with Crippen LogP contribution in [-0.2, 0) is 9.59 Å². The molecule has 0 atom stereocenters. The molecule has 110 valence electrons. The van der Waals surface area contributed by atoms with Crippen molar-refractivity contribution in [3.05, 3.63) is 30.1 Å². The maximum absolute atomic E-state index is 13.3. The van der Waals surface area contributed by atoms with Crippen LogP contribution in [0.3, 0.4) is 0 Å². The third kappa shape index (κ3) is 7.13. The van der Waals surface area contributed by atoms with Gasteiger partial charge in [-0.2, -0.15) is 0 Å². The summed E-state index contributed by atoms with van der Waals surface area (Å²) in [7, 11) is 0. The molecule has 1 amide bonds. The van der Waals surface area contributed by atoms with Crippen molar-refractivity contribution in [3.63, 3.8) is 0 Å². The largest absolute Gasteiger partial charge is 0.481 e. The van der Waals surface area contributed by atoms with Gasteiger partial charge >= 0.3 is 5.97 Å². The van der Waals surface area contributed by atoms with Gasteiger partial charge in [-0.15, -0.1) is 11.8 Å². The Bertz CT molecular complexity index is 454. The van der Waals surface area contributed by atoms with Crippen LogP contribution < -0.4 is 5.32 Å². The number of rotatable bonds is 9. The van der Waals surface area contributed by atoms with Crippen molar-refractivity contribution in [2.75, 3.05) is 12.3 Å². The van der Waals surface area contributed by atoms with Crippen LogP contribution in [0.15, 0.2) is 29.2 Å². The molecule has 0 saturated carbocycles. The molecule has 0 aliphatic rings. The normalized spacial score (nSPS) is 10.2. The van der Waals surface area contributed by atoms with Crippen molar-refractivity contribution in [1.82, 2.24) is 5.32 Å². The van der Waals surface area contributed by atoms with Crippen LogP contribution in [0, 0.1) is 5.82 Å². The zero-order valence-electron chi connectivity index (χ0n) is 11.1. The molecule has 2 N–H and O–H groups in total. The number of amides is 1. The lowest BCUT2D eigenvalue weighted by Gasteiger charge is -2.05. The van der Waals surface area contributed by atoms with Crippen LogP contribution in [0.2, 0.25) is 0 Å². The summed E-state index contributed by atoms with van der Waals surface area (Å²) in [5.74, 6) is -1.08. The molecule has 1 rings (SSSR count). The number of hydrogen-bond donors (Lipinski definition) is 2. The fraction of sp³-hybridized carbons (Fsp3) is 0.429. The SMILES string of the molecule is O=C(O)CCCCCNC(=O)CSc1ccccc1F. The lowest BCUT2D eigenvalue weighted by atomic mass is 10.2. The maximum atomic E-state index is 13.3. The molecular weight excluding hydrogens is 281 g/mol. The molecule has 0 saturated heterocycles. The van der Waals surface area contributed by atoms with Crippen LogP contribution in [0.1, 0.15) is 25.7 Å². The molecule has 0 spiro atoms. The van der Waals surface area contributed by atoms with Gasteiger partial charge in [-0.1, -0.05) is 18.6 Å². The van der Waals surface area contributed by atoms with E-state index in [0.717, 1.165) is 24.6 Å². The van der Waals surface area contributed by atoms with Crippen molar-refractivity contribution in [3.8, 4) is 0 Å². The second kappa shape index (κ2) is 9.36. The number of aliphatic carboxylic acids is 1. The minimum atomic E-state index is -0.796. The van der Waals surface area contributed by atoms with E-state index in [1.807, 2.05) is 0 Å². The third-order valence-corrected chi connectivity index (χ3v) is 3.63. The van der Waals surface area contributed by atoms with Gasteiger partial charge in [0.2, 0.25) is 5.91 Å². The van der Waals surface area contributed by atoms with Gasteiger partial charge in [0.05, 0.1) is 5.75 Å². The van der Waals surface area contributed by atoms with Crippen molar-refractivity contribution >= 4 is 23.6 Å². The molecule has 0 aliphatic heterocycles. The summed E-state index contributed by atoms with van der Waals surface area (Å²) in [5, 5.41) is 11.2. The van der Waals surface area contributed by atoms with Crippen molar-refractivity contribution in [2.45, 2.75) is 30.6 Å². The Kier molecular flexibility index (Phi) is 7.72. The Labute approximate surface area is 121 Å². The van der Waals surface area contributed by atoms with E-state index in [1.54, 1.807) is 18.2 Å². The number of unbranched alkanes of at least 4 members (excludes halogenated alkanes) is 2. The average molecular weight is 299 g/mol. The van der Waals surface area contributed by atoms with Crippen LogP contribution in [0.4, 0.5) is 4.39 Å². The predicted octanol–water partition coefficient (Wildman–Crippen LogP) is 2.68. The van der Waals surface area contributed by atoms with Gasteiger partial charge in [-0.05, 0) is 25.0 Å². The van der Waals surface area contributed by atoms with Crippen molar-refractivity contribution in [1.29, 1.82) is 0 Å². The van der Waals surface area contributed by atoms with Crippen molar-refractivity contribution < 1.29 is 19.1 Å². The summed E-state index contributed by atoms with van der Waals surface area (Å²) in [6.45, 7) is 0.524. The number of carbonyl (C=O) groups excluding carboxylic acids is 1. The summed E-state index contributed by atoms with van der Waals surface area (Å²) < 4.78 is 13.3. The van der Waals surface area contributed by atoms with Gasteiger partial charge in [0.15, 0.2) is 0 Å². The number of thioether (sulfide) groups is 1. The van der Waals surface area contributed by atoms with E-state index < -0.39 is 5.97 Å². The standard InChI is InChI=1S/C14H18FNO3S/c15-11-6-3-4-7-12(11)20-10-13(17)16-9-5-1-2-8-14(18)19/h3-4,6-7H,1-2,5,8-10H2,(H,16,17)(H,18,19). The minimum Gasteiger partial charge on any atom is -0.481 e. The Balaban J connectivity index is 2.09. The molecule has 0 aliphatic carbocycles. The summed E-state index contributed by atoms with van der Waals surface area (Å²) in [5.41, 5.74) is 0. The Hall–Kier alpha value is -1.56. The zero-order valence-corrected chi connectivity index (χ0v) is 11.9. The quantitative estimate of drug-likeness (QED) is 0.543. The lowest BCUT2D eigenvalue weighted by Crippen LogP contribution is -2.26. The third-order valence-electron chi connectivity index (χ3n) is 2.59. The van der Waals surface area contributed by atoms with Gasteiger partial charge in [0.25, 0.3) is 0 Å². The highest BCUT2D eigenvalue weighted by atomic mass is 32.2. The second-order valence-electron chi connectivity index (χ2n) is 4.27. The average Bonchev–Trinajstić information content (AvgIpc) is 2.41. The number of carbonyl (C=O) groups is 2. The molecule has 0 aromatic heterocycles. The molecule has 20 heavy (non-hydrogen) atoms. The molecule has 1 aromatic carbocycles. The topological polar surface area (TPSA) is 66.4 Å². The molecule has 4 nitrogen and oxygen atoms in total. The highest BCUT2D eigenvalue weighted by Gasteiger charge is 2.05. The van der Waals surface area contributed by atoms with Crippen LogP contribution in [0.5, 0.6) is 0 Å². The molecule has 1 aromatic rings. The van der Waals surface area contributed by atoms with E-state index in [4.69, 9.17) is 5.11 Å². The van der Waals surface area contributed by atoms with Crippen LogP contribution in [-0.4, -0.2) is 29.3 Å². The Morgan fingerprint density at radius 3 is 2.65 bits per heavy atom. The minimum absolute atomic E-state index is 0.142. The van der Waals surface area contributed by atoms with E-state index in [2.05, 4.69) is 5.32 Å². The number of nitrogens with one attached hydrogen (secondary N) is 1. The predicted molar refractivity (Wildman–Crippen MR) is 76.2 cm³/mol. The fourth-order valence-electron chi connectivity index (χ4n) is 1.56. The highest BCUT2D eigenvalue weighted by Crippen LogP contribution is 2.20. The van der Waals surface area contributed by atoms with Crippen LogP contribution in [0.25, 0.3) is 0 Å². The van der Waals surface area contributed by atoms with Gasteiger partial charge in [-0.3, -0.25) is 9.59 Å². The first-order valence-corrected chi connectivity index (χ1v) is 7.44. The first-order chi connectivity index (χ1) is 9.59. The zero-order chi connectivity index (χ0) is 14.8. The number of carboxylic acid groups (broad SMARTS) is 1. The summed E-state index contributed by atoms with van der Waals surface area (Å²) in [6, 6.07) is 6.34. The van der Waals surface area contributed by atoms with Gasteiger partial charge in [0, 0.05) is 17.9 Å². The fourth-order valence-corrected chi connectivity index (χ4v) is 2.33. The summed E-state index contributed by atoms with van der Waals surface area (Å²) in [4.78, 5) is 22.3. The Morgan fingerprint density at radius 1 is 1.20 bits per heavy atom. The number of halogens is 1. The summed E-state index contributed by atoms with van der Waals surface area (Å²) >= 11 is 1.16. The highest BCUT2D eigenvalue weighted by molar-refractivity contribution is 8.00. The van der Waals surface area contributed by atoms with E-state index >= 15 is 0 Å². The molecule has 0 heterocycles. The van der Waals surface area contributed by atoms with Crippen molar-refractivity contribution in [2.24, 2.45) is 0 Å². The van der Waals surface area contributed by atoms with Gasteiger partial charge < -0.3 is 10.4 Å². The smallest absolute Gasteiger partial charge is 0.303 e. The molecular formula is C14H18FNO3S. The molecule has 0 radical (unpaired) electrons. The van der Waals surface area contributed by atoms with E-state index in [-0.39, 0.29) is 23.9 Å². The monoisotopic (exact) mass is 299 g/mol. The number of hydrogen-bond acceptors (Lipinski definition) is 3. The maximum Gasteiger partial charge on any atom is 0.303 e. The summed E-state index contributed by atoms with van der Waals surface area (Å²) in [6.07, 6.45) is 2.31. The lowest BCUT2D eigenvalue weighted by molar-refractivity contribution is -0.137. The van der Waals surface area contributed by atoms with E-state index in [0.29, 0.717) is 17.9 Å². The molecule has 0 bridgehead atoms. The first kappa shape index (κ1) is 16.5. The molecule has 0 unspecified atom stereocenters. The molecule has 6 heteroatoms. The second-order valence-corrected chi connectivity index (χ2v) is 5.29. The number of carboxylic acids is 1. The van der Waals surface area contributed by atoms with Gasteiger partial charge in [0.1, 0.15) is 5.82 Å². The molecule has 0 fully saturated rings. The van der Waals surface area contributed by atoms with E-state index in [9.17, 15) is 14.0 Å². The van der Waals surface area contributed by atoms with Crippen LogP contribution >= 0.6 is 11.8 Å². The number of benzene rings is 1. The van der Waals surface area contributed by atoms with E-state index in [1.165, 1.54) is 6.07 Å².